The first-order chi connectivity index (χ1) is 13.3. The van der Waals surface area contributed by atoms with Gasteiger partial charge >= 0.3 is 0 Å². The molecule has 0 amide bonds. The standard InChI is InChI=1S/C21H28FN5O/c1-13(2)28-26-12-19-20(27-6-4-17(23)5-7-27)18(11-25-21(19)24)15-8-14(3)9-16(22)10-15/h8-13,17H,4-7,23H2,1-3H3,(H2,24,25). The first kappa shape index (κ1) is 20.1. The lowest BCUT2D eigenvalue weighted by atomic mass is 9.97. The van der Waals surface area contributed by atoms with Crippen LogP contribution in [0.1, 0.15) is 37.8 Å². The number of aryl methyl sites for hydroxylation is 1. The fourth-order valence-electron chi connectivity index (χ4n) is 3.43. The molecule has 2 aromatic rings. The average Bonchev–Trinajstić information content (AvgIpc) is 2.62. The Kier molecular flexibility index (Phi) is 6.14. The van der Waals surface area contributed by atoms with Crippen LogP contribution in [0, 0.1) is 12.7 Å². The van der Waals surface area contributed by atoms with E-state index in [1.807, 2.05) is 26.8 Å². The molecule has 6 nitrogen and oxygen atoms in total. The zero-order chi connectivity index (χ0) is 20.3. The van der Waals surface area contributed by atoms with Gasteiger partial charge in [0.05, 0.1) is 17.5 Å². The molecule has 28 heavy (non-hydrogen) atoms. The third kappa shape index (κ3) is 4.59. The van der Waals surface area contributed by atoms with Crippen molar-refractivity contribution < 1.29 is 9.23 Å². The smallest absolute Gasteiger partial charge is 0.134 e. The highest BCUT2D eigenvalue weighted by atomic mass is 19.1. The molecule has 0 saturated carbocycles. The maximum Gasteiger partial charge on any atom is 0.134 e. The molecule has 1 fully saturated rings. The van der Waals surface area contributed by atoms with Gasteiger partial charge in [-0.1, -0.05) is 11.2 Å². The second-order valence-electron chi connectivity index (χ2n) is 7.55. The number of nitrogen functional groups attached to an aromatic ring is 1. The van der Waals surface area contributed by atoms with Crippen molar-refractivity contribution >= 4 is 17.7 Å². The SMILES string of the molecule is Cc1cc(F)cc(-c2cnc(N)c(C=NOC(C)C)c2N2CCC(N)CC2)c1. The molecule has 0 atom stereocenters. The van der Waals surface area contributed by atoms with E-state index in [0.717, 1.165) is 48.3 Å². The molecule has 0 bridgehead atoms. The quantitative estimate of drug-likeness (QED) is 0.608. The van der Waals surface area contributed by atoms with E-state index in [9.17, 15) is 4.39 Å². The zero-order valence-electron chi connectivity index (χ0n) is 16.7. The number of aromatic nitrogens is 1. The molecule has 150 valence electrons. The van der Waals surface area contributed by atoms with Gasteiger partial charge in [0.25, 0.3) is 0 Å². The lowest BCUT2D eigenvalue weighted by Crippen LogP contribution is -2.40. The first-order valence-corrected chi connectivity index (χ1v) is 9.61. The predicted octanol–water partition coefficient (Wildman–Crippen LogP) is 3.46. The molecule has 1 saturated heterocycles. The van der Waals surface area contributed by atoms with Crippen LogP contribution in [0.25, 0.3) is 11.1 Å². The fraction of sp³-hybridized carbons (Fsp3) is 0.429. The summed E-state index contributed by atoms with van der Waals surface area (Å²) in [6.07, 6.45) is 5.01. The number of hydrogen-bond acceptors (Lipinski definition) is 6. The highest BCUT2D eigenvalue weighted by molar-refractivity contribution is 5.99. The Morgan fingerprint density at radius 3 is 2.64 bits per heavy atom. The van der Waals surface area contributed by atoms with E-state index in [-0.39, 0.29) is 18.0 Å². The molecule has 1 aliphatic heterocycles. The monoisotopic (exact) mass is 385 g/mol. The third-order valence-electron chi connectivity index (χ3n) is 4.78. The summed E-state index contributed by atoms with van der Waals surface area (Å²) >= 11 is 0. The first-order valence-electron chi connectivity index (χ1n) is 9.61. The molecule has 2 heterocycles. The Labute approximate surface area is 165 Å². The lowest BCUT2D eigenvalue weighted by Gasteiger charge is -2.34. The van der Waals surface area contributed by atoms with Crippen LogP contribution in [-0.4, -0.2) is 36.4 Å². The average molecular weight is 385 g/mol. The van der Waals surface area contributed by atoms with E-state index >= 15 is 0 Å². The third-order valence-corrected chi connectivity index (χ3v) is 4.78. The molecule has 1 aromatic carbocycles. The molecular weight excluding hydrogens is 357 g/mol. The molecule has 0 unspecified atom stereocenters. The maximum atomic E-state index is 14.1. The van der Waals surface area contributed by atoms with Crippen LogP contribution < -0.4 is 16.4 Å². The summed E-state index contributed by atoms with van der Waals surface area (Å²) in [6.45, 7) is 7.25. The molecule has 4 N–H and O–H groups in total. The number of anilines is 2. The zero-order valence-corrected chi connectivity index (χ0v) is 16.7. The number of nitrogens with two attached hydrogens (primary N) is 2. The topological polar surface area (TPSA) is 89.8 Å². The number of hydrogen-bond donors (Lipinski definition) is 2. The van der Waals surface area contributed by atoms with Gasteiger partial charge in [-0.05, 0) is 56.9 Å². The minimum atomic E-state index is -0.281. The molecule has 3 rings (SSSR count). The van der Waals surface area contributed by atoms with E-state index in [1.54, 1.807) is 12.4 Å². The summed E-state index contributed by atoms with van der Waals surface area (Å²) in [4.78, 5) is 11.9. The number of piperidine rings is 1. The second-order valence-corrected chi connectivity index (χ2v) is 7.55. The van der Waals surface area contributed by atoms with Gasteiger partial charge in [-0.2, -0.15) is 0 Å². The number of oxime groups is 1. The van der Waals surface area contributed by atoms with E-state index in [1.165, 1.54) is 12.1 Å². The number of benzene rings is 1. The Hall–Kier alpha value is -2.67. The molecule has 1 aromatic heterocycles. The van der Waals surface area contributed by atoms with Crippen molar-refractivity contribution in [3.8, 4) is 11.1 Å². The van der Waals surface area contributed by atoms with Crippen molar-refractivity contribution in [3.63, 3.8) is 0 Å². The Morgan fingerprint density at radius 1 is 1.29 bits per heavy atom. The van der Waals surface area contributed by atoms with Crippen LogP contribution in [0.3, 0.4) is 0 Å². The minimum absolute atomic E-state index is 0.0454. The minimum Gasteiger partial charge on any atom is -0.393 e. The van der Waals surface area contributed by atoms with E-state index in [4.69, 9.17) is 16.3 Å². The molecule has 0 aliphatic carbocycles. The summed E-state index contributed by atoms with van der Waals surface area (Å²) in [6, 6.07) is 5.16. The molecule has 0 spiro atoms. The molecule has 1 aliphatic rings. The van der Waals surface area contributed by atoms with Crippen molar-refractivity contribution in [2.45, 2.75) is 45.8 Å². The van der Waals surface area contributed by atoms with Gasteiger partial charge < -0.3 is 21.2 Å². The van der Waals surface area contributed by atoms with Crippen LogP contribution >= 0.6 is 0 Å². The van der Waals surface area contributed by atoms with Gasteiger partial charge in [-0.25, -0.2) is 9.37 Å². The van der Waals surface area contributed by atoms with Gasteiger partial charge in [0, 0.05) is 30.9 Å². The largest absolute Gasteiger partial charge is 0.393 e. The lowest BCUT2D eigenvalue weighted by molar-refractivity contribution is 0.0874. The number of halogens is 1. The van der Waals surface area contributed by atoms with Gasteiger partial charge in [-0.3, -0.25) is 0 Å². The maximum absolute atomic E-state index is 14.1. The highest BCUT2D eigenvalue weighted by Crippen LogP contribution is 2.37. The number of nitrogens with zero attached hydrogens (tertiary/aromatic N) is 3. The van der Waals surface area contributed by atoms with Crippen LogP contribution in [-0.2, 0) is 4.84 Å². The van der Waals surface area contributed by atoms with Crippen molar-refractivity contribution in [1.82, 2.24) is 4.98 Å². The van der Waals surface area contributed by atoms with Gasteiger partial charge in [0.2, 0.25) is 0 Å². The highest BCUT2D eigenvalue weighted by Gasteiger charge is 2.24. The van der Waals surface area contributed by atoms with E-state index in [2.05, 4.69) is 15.0 Å². The van der Waals surface area contributed by atoms with Crippen molar-refractivity contribution in [2.24, 2.45) is 10.9 Å². The van der Waals surface area contributed by atoms with Crippen molar-refractivity contribution in [3.05, 3.63) is 41.3 Å². The summed E-state index contributed by atoms with van der Waals surface area (Å²) in [5.41, 5.74) is 16.3. The Morgan fingerprint density at radius 2 is 2.00 bits per heavy atom. The van der Waals surface area contributed by atoms with Gasteiger partial charge in [-0.15, -0.1) is 0 Å². The summed E-state index contributed by atoms with van der Waals surface area (Å²) < 4.78 is 14.1. The van der Waals surface area contributed by atoms with Crippen LogP contribution in [0.15, 0.2) is 29.6 Å². The Bertz CT molecular complexity index is 840. The summed E-state index contributed by atoms with van der Waals surface area (Å²) in [5.74, 6) is 0.0784. The number of rotatable bonds is 5. The van der Waals surface area contributed by atoms with Crippen molar-refractivity contribution in [2.75, 3.05) is 23.7 Å². The summed E-state index contributed by atoms with van der Waals surface area (Å²) in [7, 11) is 0. The predicted molar refractivity (Wildman–Crippen MR) is 112 cm³/mol. The van der Waals surface area contributed by atoms with Gasteiger partial charge in [0.15, 0.2) is 0 Å². The summed E-state index contributed by atoms with van der Waals surface area (Å²) in [5, 5.41) is 4.07. The Balaban J connectivity index is 2.14. The van der Waals surface area contributed by atoms with Crippen LogP contribution in [0.5, 0.6) is 0 Å². The second kappa shape index (κ2) is 8.56. The molecule has 7 heteroatoms. The molecular formula is C21H28FN5O. The fourth-order valence-corrected chi connectivity index (χ4v) is 3.43. The van der Waals surface area contributed by atoms with E-state index < -0.39 is 0 Å². The molecule has 0 radical (unpaired) electrons. The van der Waals surface area contributed by atoms with E-state index in [0.29, 0.717) is 11.4 Å². The van der Waals surface area contributed by atoms with Crippen LogP contribution in [0.4, 0.5) is 15.9 Å². The number of pyridine rings is 1. The van der Waals surface area contributed by atoms with Gasteiger partial charge in [0.1, 0.15) is 17.7 Å². The normalized spacial score (nSPS) is 15.6. The van der Waals surface area contributed by atoms with Crippen LogP contribution in [0.2, 0.25) is 0 Å². The van der Waals surface area contributed by atoms with Crippen molar-refractivity contribution in [1.29, 1.82) is 0 Å².